The first-order valence-corrected chi connectivity index (χ1v) is 9.09. The third-order valence-electron chi connectivity index (χ3n) is 3.30. The van der Waals surface area contributed by atoms with Gasteiger partial charge in [0.1, 0.15) is 5.75 Å². The van der Waals surface area contributed by atoms with E-state index in [1.54, 1.807) is 42.5 Å². The monoisotopic (exact) mass is 434 g/mol. The number of thioether (sulfide) groups is 1. The molecule has 1 aliphatic rings. The van der Waals surface area contributed by atoms with Crippen molar-refractivity contribution in [1.29, 1.82) is 0 Å². The number of rotatable bonds is 3. The molecule has 126 valence electrons. The lowest BCUT2D eigenvalue weighted by Gasteiger charge is -2.15. The Balaban J connectivity index is 1.76. The number of halogens is 1. The summed E-state index contributed by atoms with van der Waals surface area (Å²) in [7, 11) is 0. The lowest BCUT2D eigenvalue weighted by Crippen LogP contribution is -2.44. The van der Waals surface area contributed by atoms with Crippen LogP contribution in [0.15, 0.2) is 57.9 Å². The third-order valence-corrected chi connectivity index (χ3v) is 5.14. The zero-order valence-corrected chi connectivity index (χ0v) is 15.8. The number of hydrogen-bond acceptors (Lipinski definition) is 5. The van der Waals surface area contributed by atoms with Gasteiger partial charge in [0.2, 0.25) is 0 Å². The number of carbonyl (C=O) groups is 2. The number of nitrogens with one attached hydrogen (secondary N) is 1. The van der Waals surface area contributed by atoms with Gasteiger partial charge in [-0.1, -0.05) is 39.8 Å². The highest BCUT2D eigenvalue weighted by Crippen LogP contribution is 2.31. The van der Waals surface area contributed by atoms with Gasteiger partial charge in [-0.05, 0) is 60.3 Å². The van der Waals surface area contributed by atoms with E-state index in [4.69, 9.17) is 12.2 Å². The molecule has 2 aromatic rings. The minimum atomic E-state index is -0.422. The van der Waals surface area contributed by atoms with Crippen LogP contribution in [0.5, 0.6) is 5.75 Å². The van der Waals surface area contributed by atoms with Crippen LogP contribution in [0.3, 0.4) is 0 Å². The van der Waals surface area contributed by atoms with Crippen molar-refractivity contribution in [1.82, 2.24) is 10.4 Å². The summed E-state index contributed by atoms with van der Waals surface area (Å²) in [6, 6.07) is 13.2. The minimum absolute atomic E-state index is 0.145. The van der Waals surface area contributed by atoms with Gasteiger partial charge in [0.05, 0.1) is 4.91 Å². The number of hydrogen-bond donors (Lipinski definition) is 2. The molecular weight excluding hydrogens is 424 g/mol. The number of nitrogens with zero attached hydrogens (tertiary/aromatic N) is 1. The highest BCUT2D eigenvalue weighted by atomic mass is 79.9. The Morgan fingerprint density at radius 2 is 1.80 bits per heavy atom. The number of phenolic OH excluding ortho intramolecular Hbond substituents is 1. The summed E-state index contributed by atoms with van der Waals surface area (Å²) in [5, 5.41) is 10.4. The molecule has 2 N–H and O–H groups in total. The van der Waals surface area contributed by atoms with E-state index in [1.807, 2.05) is 0 Å². The molecule has 3 rings (SSSR count). The van der Waals surface area contributed by atoms with Crippen molar-refractivity contribution in [2.45, 2.75) is 0 Å². The van der Waals surface area contributed by atoms with E-state index < -0.39 is 11.8 Å². The SMILES string of the molecule is O=C(NN1C(=O)C(=Cc2ccc(O)cc2)SC1=S)c1ccc(Br)cc1. The molecule has 2 aromatic carbocycles. The summed E-state index contributed by atoms with van der Waals surface area (Å²) in [4.78, 5) is 25.2. The molecule has 0 atom stereocenters. The van der Waals surface area contributed by atoms with Gasteiger partial charge in [-0.25, -0.2) is 0 Å². The van der Waals surface area contributed by atoms with E-state index >= 15 is 0 Å². The van der Waals surface area contributed by atoms with Gasteiger partial charge in [0, 0.05) is 10.0 Å². The first kappa shape index (κ1) is 17.7. The molecule has 1 heterocycles. The van der Waals surface area contributed by atoms with Crippen LogP contribution in [0.4, 0.5) is 0 Å². The highest BCUT2D eigenvalue weighted by molar-refractivity contribution is 9.10. The normalized spacial score (nSPS) is 15.7. The summed E-state index contributed by atoms with van der Waals surface area (Å²) >= 11 is 9.59. The summed E-state index contributed by atoms with van der Waals surface area (Å²) in [5.74, 6) is -0.672. The quantitative estimate of drug-likeness (QED) is 0.569. The third kappa shape index (κ3) is 4.09. The van der Waals surface area contributed by atoms with Gasteiger partial charge in [0.15, 0.2) is 4.32 Å². The second-order valence-electron chi connectivity index (χ2n) is 5.06. The van der Waals surface area contributed by atoms with E-state index in [2.05, 4.69) is 21.4 Å². The van der Waals surface area contributed by atoms with E-state index in [-0.39, 0.29) is 10.1 Å². The first-order chi connectivity index (χ1) is 11.9. The topological polar surface area (TPSA) is 69.6 Å². The second-order valence-corrected chi connectivity index (χ2v) is 7.65. The summed E-state index contributed by atoms with van der Waals surface area (Å²) < 4.78 is 1.10. The number of amides is 2. The average molecular weight is 435 g/mol. The lowest BCUT2D eigenvalue weighted by atomic mass is 10.2. The summed E-state index contributed by atoms with van der Waals surface area (Å²) in [6.45, 7) is 0. The fourth-order valence-electron chi connectivity index (χ4n) is 2.05. The molecule has 25 heavy (non-hydrogen) atoms. The Hall–Kier alpha value is -2.16. The van der Waals surface area contributed by atoms with Crippen LogP contribution in [-0.4, -0.2) is 26.3 Å². The van der Waals surface area contributed by atoms with Crippen molar-refractivity contribution in [3.63, 3.8) is 0 Å². The van der Waals surface area contributed by atoms with Crippen LogP contribution in [0.1, 0.15) is 15.9 Å². The van der Waals surface area contributed by atoms with Crippen LogP contribution >= 0.6 is 39.9 Å². The number of benzene rings is 2. The van der Waals surface area contributed by atoms with Crippen LogP contribution in [0.25, 0.3) is 6.08 Å². The molecule has 5 nitrogen and oxygen atoms in total. The van der Waals surface area contributed by atoms with E-state index in [1.165, 1.54) is 12.1 Å². The van der Waals surface area contributed by atoms with Crippen molar-refractivity contribution >= 4 is 62.1 Å². The number of hydrazine groups is 1. The molecule has 0 radical (unpaired) electrons. The molecule has 0 aromatic heterocycles. The smallest absolute Gasteiger partial charge is 0.285 e. The Bertz CT molecular complexity index is 880. The van der Waals surface area contributed by atoms with Gasteiger partial charge in [0.25, 0.3) is 11.8 Å². The molecule has 1 aliphatic heterocycles. The number of thiocarbonyl (C=S) groups is 1. The van der Waals surface area contributed by atoms with Gasteiger partial charge < -0.3 is 5.11 Å². The average Bonchev–Trinajstić information content (AvgIpc) is 2.85. The van der Waals surface area contributed by atoms with E-state index in [9.17, 15) is 14.7 Å². The van der Waals surface area contributed by atoms with Gasteiger partial charge in [-0.3, -0.25) is 15.0 Å². The fraction of sp³-hybridized carbons (Fsp3) is 0. The molecule has 0 bridgehead atoms. The molecule has 0 spiro atoms. The maximum Gasteiger partial charge on any atom is 0.285 e. The van der Waals surface area contributed by atoms with Gasteiger partial charge in [-0.15, -0.1) is 0 Å². The Morgan fingerprint density at radius 1 is 1.16 bits per heavy atom. The molecular formula is C17H11BrN2O3S2. The number of carbonyl (C=O) groups excluding carboxylic acids is 2. The van der Waals surface area contributed by atoms with E-state index in [0.29, 0.717) is 10.5 Å². The van der Waals surface area contributed by atoms with Gasteiger partial charge >= 0.3 is 0 Å². The Kier molecular flexibility index (Phi) is 5.22. The van der Waals surface area contributed by atoms with Crippen molar-refractivity contribution in [2.24, 2.45) is 0 Å². The predicted molar refractivity (Wildman–Crippen MR) is 105 cm³/mol. The standard InChI is InChI=1S/C17H11BrN2O3S2/c18-12-5-3-11(4-6-12)15(22)19-20-16(23)14(25-17(20)24)9-10-1-7-13(21)8-2-10/h1-9,21H,(H,19,22). The van der Waals surface area contributed by atoms with Crippen LogP contribution in [-0.2, 0) is 4.79 Å². The molecule has 0 saturated carbocycles. The lowest BCUT2D eigenvalue weighted by molar-refractivity contribution is -0.123. The zero-order chi connectivity index (χ0) is 18.0. The minimum Gasteiger partial charge on any atom is -0.508 e. The molecule has 8 heteroatoms. The largest absolute Gasteiger partial charge is 0.508 e. The van der Waals surface area contributed by atoms with Gasteiger partial charge in [-0.2, -0.15) is 5.01 Å². The fourth-order valence-corrected chi connectivity index (χ4v) is 3.50. The first-order valence-electron chi connectivity index (χ1n) is 7.07. The predicted octanol–water partition coefficient (Wildman–Crippen LogP) is 3.70. The Labute approximate surface area is 161 Å². The van der Waals surface area contributed by atoms with E-state index in [0.717, 1.165) is 26.8 Å². The molecule has 0 unspecified atom stereocenters. The molecule has 0 aliphatic carbocycles. The molecule has 2 amide bonds. The maximum atomic E-state index is 12.5. The van der Waals surface area contributed by atoms with Crippen LogP contribution in [0, 0.1) is 0 Å². The zero-order valence-electron chi connectivity index (χ0n) is 12.6. The molecule has 1 saturated heterocycles. The number of phenols is 1. The van der Waals surface area contributed by atoms with Crippen molar-refractivity contribution in [2.75, 3.05) is 0 Å². The number of aromatic hydroxyl groups is 1. The van der Waals surface area contributed by atoms with Crippen LogP contribution < -0.4 is 5.43 Å². The summed E-state index contributed by atoms with van der Waals surface area (Å²) in [6.07, 6.45) is 1.66. The Morgan fingerprint density at radius 3 is 2.44 bits per heavy atom. The van der Waals surface area contributed by atoms with Crippen molar-refractivity contribution < 1.29 is 14.7 Å². The molecule has 1 fully saturated rings. The highest BCUT2D eigenvalue weighted by Gasteiger charge is 2.33. The summed E-state index contributed by atoms with van der Waals surface area (Å²) in [5.41, 5.74) is 3.69. The van der Waals surface area contributed by atoms with Crippen molar-refractivity contribution in [3.05, 3.63) is 69.0 Å². The maximum absolute atomic E-state index is 12.5. The van der Waals surface area contributed by atoms with Crippen molar-refractivity contribution in [3.8, 4) is 5.75 Å². The second kappa shape index (κ2) is 7.38. The van der Waals surface area contributed by atoms with Crippen LogP contribution in [0.2, 0.25) is 0 Å².